The molecule has 22 heavy (non-hydrogen) atoms. The number of nitrogens with zero attached hydrogens (tertiary/aromatic N) is 1. The fourth-order valence-electron chi connectivity index (χ4n) is 2.50. The summed E-state index contributed by atoms with van der Waals surface area (Å²) in [5, 5.41) is 5.79. The maximum atomic E-state index is 12.1. The van der Waals surface area contributed by atoms with Crippen molar-refractivity contribution in [3.05, 3.63) is 18.2 Å². The molecule has 1 fully saturated rings. The van der Waals surface area contributed by atoms with Crippen molar-refractivity contribution in [2.45, 2.75) is 25.7 Å². The third kappa shape index (κ3) is 3.98. The number of ether oxygens (including phenoxy) is 1. The average molecular weight is 305 g/mol. The van der Waals surface area contributed by atoms with Gasteiger partial charge in [-0.25, -0.2) is 0 Å². The molecule has 0 saturated carbocycles. The minimum Gasteiger partial charge on any atom is -0.495 e. The van der Waals surface area contributed by atoms with Gasteiger partial charge in [0.1, 0.15) is 5.75 Å². The molecule has 2 N–H and O–H groups in total. The monoisotopic (exact) mass is 305 g/mol. The van der Waals surface area contributed by atoms with Crippen LogP contribution in [0.4, 0.5) is 11.4 Å². The minimum atomic E-state index is -0.0598. The van der Waals surface area contributed by atoms with Gasteiger partial charge in [0.15, 0.2) is 0 Å². The Kier molecular flexibility index (Phi) is 5.77. The second-order valence-electron chi connectivity index (χ2n) is 5.29. The molecule has 1 aliphatic heterocycles. The van der Waals surface area contributed by atoms with E-state index in [0.717, 1.165) is 18.5 Å². The third-order valence-electron chi connectivity index (χ3n) is 3.68. The van der Waals surface area contributed by atoms with Crippen molar-refractivity contribution in [2.75, 3.05) is 37.5 Å². The number of anilines is 2. The van der Waals surface area contributed by atoms with Gasteiger partial charge >= 0.3 is 0 Å². The highest BCUT2D eigenvalue weighted by Crippen LogP contribution is 2.33. The molecule has 1 aromatic carbocycles. The molecular weight excluding hydrogens is 282 g/mol. The van der Waals surface area contributed by atoms with Crippen LogP contribution in [0.3, 0.4) is 0 Å². The Morgan fingerprint density at radius 1 is 1.36 bits per heavy atom. The number of methoxy groups -OCH3 is 1. The van der Waals surface area contributed by atoms with Crippen LogP contribution in [0.25, 0.3) is 0 Å². The second kappa shape index (κ2) is 7.79. The van der Waals surface area contributed by atoms with Crippen LogP contribution >= 0.6 is 0 Å². The highest BCUT2D eigenvalue weighted by Gasteiger charge is 2.23. The Morgan fingerprint density at radius 3 is 2.86 bits per heavy atom. The molecule has 1 heterocycles. The zero-order chi connectivity index (χ0) is 15.9. The van der Waals surface area contributed by atoms with Crippen LogP contribution in [-0.4, -0.2) is 39.1 Å². The van der Waals surface area contributed by atoms with Crippen molar-refractivity contribution in [3.8, 4) is 5.75 Å². The molecule has 0 radical (unpaired) electrons. The number of rotatable bonds is 6. The lowest BCUT2D eigenvalue weighted by Gasteiger charge is -2.28. The molecule has 2 rings (SSSR count). The first-order valence-electron chi connectivity index (χ1n) is 7.58. The van der Waals surface area contributed by atoms with Crippen molar-refractivity contribution in [2.24, 2.45) is 0 Å². The molecule has 120 valence electrons. The normalized spacial score (nSPS) is 14.8. The Labute approximate surface area is 130 Å². The molecule has 6 nitrogen and oxygen atoms in total. The standard InChI is InChI=1S/C16H23N3O3/c1-17-9-8-15(20)18-12-6-7-14(22-2)13(11-12)19-10-4-3-5-16(19)21/h6-7,11,17H,3-5,8-10H2,1-2H3,(H,18,20). The zero-order valence-electron chi connectivity index (χ0n) is 13.1. The number of piperidine rings is 1. The van der Waals surface area contributed by atoms with Crippen molar-refractivity contribution in [3.63, 3.8) is 0 Å². The van der Waals surface area contributed by atoms with Gasteiger partial charge in [-0.05, 0) is 38.1 Å². The molecule has 1 saturated heterocycles. The summed E-state index contributed by atoms with van der Waals surface area (Å²) in [6, 6.07) is 5.37. The number of benzene rings is 1. The maximum absolute atomic E-state index is 12.1. The van der Waals surface area contributed by atoms with E-state index in [4.69, 9.17) is 4.74 Å². The van der Waals surface area contributed by atoms with Crippen molar-refractivity contribution < 1.29 is 14.3 Å². The first-order chi connectivity index (χ1) is 10.7. The highest BCUT2D eigenvalue weighted by molar-refractivity contribution is 5.97. The topological polar surface area (TPSA) is 70.7 Å². The fraction of sp³-hybridized carbons (Fsp3) is 0.500. The molecule has 0 spiro atoms. The summed E-state index contributed by atoms with van der Waals surface area (Å²) in [6.07, 6.45) is 2.87. The van der Waals surface area contributed by atoms with Crippen molar-refractivity contribution in [1.82, 2.24) is 5.32 Å². The van der Waals surface area contributed by atoms with Gasteiger partial charge in [0.25, 0.3) is 0 Å². The first-order valence-corrected chi connectivity index (χ1v) is 7.58. The van der Waals surface area contributed by atoms with E-state index in [9.17, 15) is 9.59 Å². The lowest BCUT2D eigenvalue weighted by molar-refractivity contribution is -0.119. The number of carbonyl (C=O) groups is 2. The van der Waals surface area contributed by atoms with Gasteiger partial charge in [-0.15, -0.1) is 0 Å². The fourth-order valence-corrected chi connectivity index (χ4v) is 2.50. The summed E-state index contributed by atoms with van der Waals surface area (Å²) in [6.45, 7) is 1.31. The van der Waals surface area contributed by atoms with Gasteiger partial charge in [0.05, 0.1) is 12.8 Å². The molecule has 0 aliphatic carbocycles. The molecule has 0 bridgehead atoms. The number of hydrogen-bond donors (Lipinski definition) is 2. The van der Waals surface area contributed by atoms with Gasteiger partial charge in [0.2, 0.25) is 11.8 Å². The van der Waals surface area contributed by atoms with E-state index in [1.165, 1.54) is 0 Å². The van der Waals surface area contributed by atoms with Crippen LogP contribution < -0.4 is 20.3 Å². The van der Waals surface area contributed by atoms with Crippen LogP contribution in [0.5, 0.6) is 5.75 Å². The summed E-state index contributed by atoms with van der Waals surface area (Å²) >= 11 is 0. The molecule has 0 atom stereocenters. The number of hydrogen-bond acceptors (Lipinski definition) is 4. The minimum absolute atomic E-state index is 0.0598. The van der Waals surface area contributed by atoms with E-state index in [1.54, 1.807) is 37.3 Å². The van der Waals surface area contributed by atoms with E-state index in [2.05, 4.69) is 10.6 Å². The van der Waals surface area contributed by atoms with E-state index < -0.39 is 0 Å². The van der Waals surface area contributed by atoms with Crippen molar-refractivity contribution in [1.29, 1.82) is 0 Å². The third-order valence-corrected chi connectivity index (χ3v) is 3.68. The number of nitrogens with one attached hydrogen (secondary N) is 2. The molecule has 0 aromatic heterocycles. The Bertz CT molecular complexity index is 545. The molecule has 6 heteroatoms. The summed E-state index contributed by atoms with van der Waals surface area (Å²) in [7, 11) is 3.39. The molecular formula is C16H23N3O3. The zero-order valence-corrected chi connectivity index (χ0v) is 13.1. The molecule has 2 amide bonds. The molecule has 0 unspecified atom stereocenters. The Hall–Kier alpha value is -2.08. The average Bonchev–Trinajstić information content (AvgIpc) is 2.53. The van der Waals surface area contributed by atoms with Crippen LogP contribution in [0, 0.1) is 0 Å². The number of amides is 2. The van der Waals surface area contributed by atoms with Gasteiger partial charge < -0.3 is 20.3 Å². The second-order valence-corrected chi connectivity index (χ2v) is 5.29. The van der Waals surface area contributed by atoms with Crippen molar-refractivity contribution >= 4 is 23.2 Å². The summed E-state index contributed by atoms with van der Waals surface area (Å²) in [5.41, 5.74) is 1.40. The predicted octanol–water partition coefficient (Wildman–Crippen LogP) is 1.76. The quantitative estimate of drug-likeness (QED) is 0.840. The summed E-state index contributed by atoms with van der Waals surface area (Å²) in [5.74, 6) is 0.683. The maximum Gasteiger partial charge on any atom is 0.227 e. The van der Waals surface area contributed by atoms with E-state index >= 15 is 0 Å². The van der Waals surface area contributed by atoms with Crippen LogP contribution in [0.15, 0.2) is 18.2 Å². The van der Waals surface area contributed by atoms with Crippen LogP contribution in [-0.2, 0) is 9.59 Å². The number of carbonyl (C=O) groups excluding carboxylic acids is 2. The lowest BCUT2D eigenvalue weighted by atomic mass is 10.1. The summed E-state index contributed by atoms with van der Waals surface area (Å²) < 4.78 is 5.36. The SMILES string of the molecule is CNCCC(=O)Nc1ccc(OC)c(N2CCCCC2=O)c1. The van der Waals surface area contributed by atoms with Gasteiger partial charge in [-0.1, -0.05) is 0 Å². The Balaban J connectivity index is 2.18. The largest absolute Gasteiger partial charge is 0.495 e. The molecule has 1 aliphatic rings. The summed E-state index contributed by atoms with van der Waals surface area (Å²) in [4.78, 5) is 25.7. The van der Waals surface area contributed by atoms with Crippen LogP contribution in [0.1, 0.15) is 25.7 Å². The lowest BCUT2D eigenvalue weighted by Crippen LogP contribution is -2.35. The highest BCUT2D eigenvalue weighted by atomic mass is 16.5. The Morgan fingerprint density at radius 2 is 2.18 bits per heavy atom. The van der Waals surface area contributed by atoms with E-state index in [-0.39, 0.29) is 11.8 Å². The molecule has 1 aromatic rings. The van der Waals surface area contributed by atoms with Crippen LogP contribution in [0.2, 0.25) is 0 Å². The first kappa shape index (κ1) is 16.3. The van der Waals surface area contributed by atoms with Gasteiger partial charge in [-0.3, -0.25) is 9.59 Å². The van der Waals surface area contributed by atoms with Gasteiger partial charge in [-0.2, -0.15) is 0 Å². The van der Waals surface area contributed by atoms with E-state index in [1.807, 2.05) is 0 Å². The predicted molar refractivity (Wildman–Crippen MR) is 86.4 cm³/mol. The van der Waals surface area contributed by atoms with E-state index in [0.29, 0.717) is 37.4 Å². The smallest absolute Gasteiger partial charge is 0.227 e. The van der Waals surface area contributed by atoms with Gasteiger partial charge in [0, 0.05) is 31.6 Å².